The highest BCUT2D eigenvalue weighted by molar-refractivity contribution is 7.89. The fourth-order valence-electron chi connectivity index (χ4n) is 4.66. The molecule has 11 heteroatoms. The quantitative estimate of drug-likeness (QED) is 0.336. The molecule has 10 nitrogen and oxygen atoms in total. The predicted octanol–water partition coefficient (Wildman–Crippen LogP) is 3.80. The van der Waals surface area contributed by atoms with E-state index >= 15 is 0 Å². The maximum atomic E-state index is 13.3. The second kappa shape index (κ2) is 11.3. The van der Waals surface area contributed by atoms with Crippen molar-refractivity contribution >= 4 is 21.5 Å². The summed E-state index contributed by atoms with van der Waals surface area (Å²) >= 11 is 0. The zero-order valence-corrected chi connectivity index (χ0v) is 22.7. The number of ether oxygens (including phenoxy) is 2. The number of pyridine rings is 2. The summed E-state index contributed by atoms with van der Waals surface area (Å²) in [5.41, 5.74) is 3.48. The topological polar surface area (TPSA) is 122 Å². The largest absolute Gasteiger partial charge is 0.493 e. The molecule has 1 saturated heterocycles. The minimum Gasteiger partial charge on any atom is -0.493 e. The van der Waals surface area contributed by atoms with Crippen LogP contribution in [-0.4, -0.2) is 59.9 Å². The highest BCUT2D eigenvalue weighted by Gasteiger charge is 2.31. The van der Waals surface area contributed by atoms with E-state index in [1.165, 1.54) is 23.7 Å². The molecule has 202 valence electrons. The molecule has 1 N–H and O–H groups in total. The molecule has 4 aromatic rings. The first-order valence-electron chi connectivity index (χ1n) is 12.8. The Hall–Kier alpha value is -4.14. The van der Waals surface area contributed by atoms with Gasteiger partial charge in [-0.05, 0) is 50.1 Å². The second-order valence-corrected chi connectivity index (χ2v) is 11.3. The zero-order chi connectivity index (χ0) is 27.4. The number of methoxy groups -OCH3 is 1. The van der Waals surface area contributed by atoms with Crippen molar-refractivity contribution in [2.45, 2.75) is 37.2 Å². The van der Waals surface area contributed by atoms with E-state index < -0.39 is 10.0 Å². The number of benzene rings is 1. The van der Waals surface area contributed by atoms with E-state index in [-0.39, 0.29) is 11.0 Å². The number of nitriles is 1. The molecule has 3 aromatic heterocycles. The normalized spacial score (nSPS) is 14.7. The molecule has 1 fully saturated rings. The molecule has 1 aromatic carbocycles. The number of imidazole rings is 1. The van der Waals surface area contributed by atoms with Crippen LogP contribution in [0.25, 0.3) is 5.65 Å². The van der Waals surface area contributed by atoms with Gasteiger partial charge >= 0.3 is 0 Å². The van der Waals surface area contributed by atoms with Gasteiger partial charge in [-0.3, -0.25) is 0 Å². The van der Waals surface area contributed by atoms with Crippen molar-refractivity contribution in [2.75, 3.05) is 32.1 Å². The van der Waals surface area contributed by atoms with Crippen molar-refractivity contribution in [1.29, 1.82) is 5.26 Å². The molecular weight excluding hydrogens is 516 g/mol. The van der Waals surface area contributed by atoms with E-state index in [9.17, 15) is 8.42 Å². The Morgan fingerprint density at radius 3 is 2.69 bits per heavy atom. The zero-order valence-electron chi connectivity index (χ0n) is 21.9. The first-order valence-corrected chi connectivity index (χ1v) is 14.2. The molecular formula is C28H30N6O4S. The lowest BCUT2D eigenvalue weighted by atomic mass is 10.1. The third-order valence-electron chi connectivity index (χ3n) is 6.77. The van der Waals surface area contributed by atoms with E-state index in [1.807, 2.05) is 31.3 Å². The van der Waals surface area contributed by atoms with E-state index in [4.69, 9.17) is 14.7 Å². The van der Waals surface area contributed by atoms with Crippen molar-refractivity contribution in [1.82, 2.24) is 18.7 Å². The van der Waals surface area contributed by atoms with Crippen molar-refractivity contribution in [3.8, 4) is 17.6 Å². The molecule has 0 saturated carbocycles. The van der Waals surface area contributed by atoms with Crippen LogP contribution in [0.1, 0.15) is 29.8 Å². The van der Waals surface area contributed by atoms with Crippen LogP contribution in [0.15, 0.2) is 65.8 Å². The Kier molecular flexibility index (Phi) is 7.67. The molecule has 0 unspecified atom stereocenters. The minimum atomic E-state index is -3.75. The van der Waals surface area contributed by atoms with Crippen LogP contribution in [-0.2, 0) is 16.4 Å². The van der Waals surface area contributed by atoms with Gasteiger partial charge in [0.2, 0.25) is 10.0 Å². The van der Waals surface area contributed by atoms with Gasteiger partial charge in [0.1, 0.15) is 22.4 Å². The second-order valence-electron chi connectivity index (χ2n) is 9.39. The predicted molar refractivity (Wildman–Crippen MR) is 146 cm³/mol. The van der Waals surface area contributed by atoms with E-state index in [2.05, 4.69) is 25.8 Å². The van der Waals surface area contributed by atoms with Crippen molar-refractivity contribution < 1.29 is 17.9 Å². The van der Waals surface area contributed by atoms with Gasteiger partial charge in [0, 0.05) is 50.2 Å². The van der Waals surface area contributed by atoms with Gasteiger partial charge in [0.15, 0.2) is 11.6 Å². The number of fused-ring (bicyclic) bond motifs is 1. The fourth-order valence-corrected chi connectivity index (χ4v) is 6.09. The molecule has 0 aliphatic carbocycles. The summed E-state index contributed by atoms with van der Waals surface area (Å²) in [4.78, 5) is 9.10. The average Bonchev–Trinajstić information content (AvgIpc) is 3.38. The van der Waals surface area contributed by atoms with Gasteiger partial charge in [0.05, 0.1) is 24.4 Å². The van der Waals surface area contributed by atoms with Crippen LogP contribution in [0.4, 0.5) is 5.82 Å². The number of hydrogen-bond donors (Lipinski definition) is 1. The van der Waals surface area contributed by atoms with Gasteiger partial charge in [-0.15, -0.1) is 0 Å². The van der Waals surface area contributed by atoms with Crippen LogP contribution >= 0.6 is 0 Å². The molecule has 1 aliphatic rings. The summed E-state index contributed by atoms with van der Waals surface area (Å²) in [5.74, 6) is 1.45. The fraction of sp³-hybridized carbons (Fsp3) is 0.321. The number of aromatic nitrogens is 3. The molecule has 39 heavy (non-hydrogen) atoms. The van der Waals surface area contributed by atoms with Gasteiger partial charge in [-0.1, -0.05) is 12.1 Å². The summed E-state index contributed by atoms with van der Waals surface area (Å²) in [6.45, 7) is 3.24. The highest BCUT2D eigenvalue weighted by atomic mass is 32.2. The number of nitrogens with one attached hydrogen (secondary N) is 1. The van der Waals surface area contributed by atoms with Crippen molar-refractivity contribution in [3.05, 3.63) is 77.9 Å². The van der Waals surface area contributed by atoms with E-state index in [0.29, 0.717) is 61.8 Å². The van der Waals surface area contributed by atoms with Gasteiger partial charge in [-0.25, -0.2) is 18.4 Å². The number of rotatable bonds is 9. The van der Waals surface area contributed by atoms with Crippen molar-refractivity contribution in [2.24, 2.45) is 0 Å². The van der Waals surface area contributed by atoms with E-state index in [0.717, 1.165) is 17.0 Å². The van der Waals surface area contributed by atoms with Crippen LogP contribution < -0.4 is 14.8 Å². The monoisotopic (exact) mass is 546 g/mol. The standard InChI is InChI=1S/C28H30N6O4S/c1-20-5-3-8-27-32-22(19-34(20)27)9-12-30-28-26(37-2)16-25(18-31-28)39(35,36)33-13-10-23(11-14-33)38-24-7-4-6-21(15-24)17-29/h3-8,15-16,18-19,23H,9-14H2,1-2H3,(H,30,31). The number of nitrogens with zero attached hydrogens (tertiary/aromatic N) is 5. The first-order chi connectivity index (χ1) is 18.9. The maximum Gasteiger partial charge on any atom is 0.244 e. The molecule has 0 spiro atoms. The van der Waals surface area contributed by atoms with Crippen molar-refractivity contribution in [3.63, 3.8) is 0 Å². The number of anilines is 1. The maximum absolute atomic E-state index is 13.3. The van der Waals surface area contributed by atoms with Crippen LogP contribution in [0.3, 0.4) is 0 Å². The Morgan fingerprint density at radius 2 is 1.95 bits per heavy atom. The van der Waals surface area contributed by atoms with Gasteiger partial charge in [-0.2, -0.15) is 9.57 Å². The van der Waals surface area contributed by atoms with Gasteiger partial charge < -0.3 is 19.2 Å². The Balaban J connectivity index is 1.20. The number of piperidine rings is 1. The Bertz CT molecular complexity index is 1620. The Labute approximate surface area is 227 Å². The third kappa shape index (κ3) is 5.82. The lowest BCUT2D eigenvalue weighted by molar-refractivity contribution is 0.135. The molecule has 5 rings (SSSR count). The summed E-state index contributed by atoms with van der Waals surface area (Å²) in [7, 11) is -2.26. The molecule has 1 aliphatic heterocycles. The lowest BCUT2D eigenvalue weighted by Crippen LogP contribution is -2.41. The summed E-state index contributed by atoms with van der Waals surface area (Å²) in [6.07, 6.45) is 5.02. The molecule has 0 amide bonds. The van der Waals surface area contributed by atoms with Crippen LogP contribution in [0.2, 0.25) is 0 Å². The smallest absolute Gasteiger partial charge is 0.244 e. The average molecular weight is 547 g/mol. The van der Waals surface area contributed by atoms with Crippen LogP contribution in [0, 0.1) is 18.3 Å². The van der Waals surface area contributed by atoms with Crippen LogP contribution in [0.5, 0.6) is 11.5 Å². The highest BCUT2D eigenvalue weighted by Crippen LogP contribution is 2.29. The third-order valence-corrected chi connectivity index (χ3v) is 8.64. The number of hydrogen-bond acceptors (Lipinski definition) is 8. The molecule has 0 bridgehead atoms. The Morgan fingerprint density at radius 1 is 1.15 bits per heavy atom. The molecule has 4 heterocycles. The lowest BCUT2D eigenvalue weighted by Gasteiger charge is -2.31. The van der Waals surface area contributed by atoms with E-state index in [1.54, 1.807) is 24.3 Å². The minimum absolute atomic E-state index is 0.0850. The van der Waals surface area contributed by atoms with Gasteiger partial charge in [0.25, 0.3) is 0 Å². The number of sulfonamides is 1. The summed E-state index contributed by atoms with van der Waals surface area (Å²) in [5, 5.41) is 12.3. The summed E-state index contributed by atoms with van der Waals surface area (Å²) < 4.78 is 41.7. The SMILES string of the molecule is COc1cc(S(=O)(=O)N2CCC(Oc3cccc(C#N)c3)CC2)cnc1NCCc1cn2c(C)cccc2n1. The summed E-state index contributed by atoms with van der Waals surface area (Å²) in [6, 6.07) is 16.6. The number of aryl methyl sites for hydroxylation is 1. The molecule has 0 radical (unpaired) electrons. The molecule has 0 atom stereocenters. The first kappa shape index (κ1) is 26.5.